The number of anilines is 1. The van der Waals surface area contributed by atoms with Crippen molar-refractivity contribution >= 4 is 23.4 Å². The van der Waals surface area contributed by atoms with Gasteiger partial charge >= 0.3 is 0 Å². The zero-order valence-electron chi connectivity index (χ0n) is 11.5. The van der Waals surface area contributed by atoms with E-state index in [1.54, 1.807) is 11.8 Å². The van der Waals surface area contributed by atoms with E-state index in [1.807, 2.05) is 18.2 Å². The van der Waals surface area contributed by atoms with Gasteiger partial charge in [-0.1, -0.05) is 0 Å². The Morgan fingerprint density at radius 1 is 1.40 bits per heavy atom. The molecule has 2 aliphatic heterocycles. The number of hydrogen-bond acceptors (Lipinski definition) is 4. The molecule has 0 aliphatic carbocycles. The molecule has 2 aliphatic rings. The highest BCUT2D eigenvalue weighted by atomic mass is 32.2. The van der Waals surface area contributed by atoms with E-state index in [2.05, 4.69) is 10.6 Å². The van der Waals surface area contributed by atoms with Gasteiger partial charge in [0.25, 0.3) is 0 Å². The summed E-state index contributed by atoms with van der Waals surface area (Å²) in [6.45, 7) is 2.90. The van der Waals surface area contributed by atoms with Crippen molar-refractivity contribution in [3.63, 3.8) is 0 Å². The van der Waals surface area contributed by atoms with Crippen molar-refractivity contribution < 1.29 is 9.53 Å². The molecule has 2 heterocycles. The van der Waals surface area contributed by atoms with Crippen LogP contribution in [0.2, 0.25) is 0 Å². The average Bonchev–Trinajstić information content (AvgIpc) is 2.94. The van der Waals surface area contributed by atoms with Crippen molar-refractivity contribution in [1.82, 2.24) is 5.32 Å². The normalized spacial score (nSPS) is 18.4. The van der Waals surface area contributed by atoms with Crippen molar-refractivity contribution in [1.29, 1.82) is 0 Å². The fraction of sp³-hybridized carbons (Fsp3) is 0.533. The number of rotatable bonds is 4. The minimum Gasteiger partial charge on any atom is -0.493 e. The molecule has 1 fully saturated rings. The third kappa shape index (κ3) is 3.46. The number of thioether (sulfide) groups is 1. The van der Waals surface area contributed by atoms with Crippen LogP contribution in [0.25, 0.3) is 0 Å². The largest absolute Gasteiger partial charge is 0.493 e. The predicted molar refractivity (Wildman–Crippen MR) is 82.6 cm³/mol. The summed E-state index contributed by atoms with van der Waals surface area (Å²) in [5.41, 5.74) is 2.07. The first-order valence-corrected chi connectivity index (χ1v) is 8.24. The van der Waals surface area contributed by atoms with Crippen LogP contribution in [0, 0.1) is 0 Å². The lowest BCUT2D eigenvalue weighted by Gasteiger charge is -2.21. The molecule has 0 unspecified atom stereocenters. The van der Waals surface area contributed by atoms with Gasteiger partial charge in [0.05, 0.1) is 12.4 Å². The molecule has 0 radical (unpaired) electrons. The second kappa shape index (κ2) is 6.50. The molecular formula is C15H20N2O2S. The van der Waals surface area contributed by atoms with E-state index in [0.29, 0.717) is 11.0 Å². The maximum absolute atomic E-state index is 12.0. The Balaban J connectivity index is 1.48. The Morgan fingerprint density at radius 2 is 2.25 bits per heavy atom. The summed E-state index contributed by atoms with van der Waals surface area (Å²) < 4.78 is 5.46. The molecule has 4 nitrogen and oxygen atoms in total. The van der Waals surface area contributed by atoms with E-state index in [-0.39, 0.29) is 5.91 Å². The molecule has 0 saturated carbocycles. The van der Waals surface area contributed by atoms with Crippen molar-refractivity contribution in [2.24, 2.45) is 0 Å². The van der Waals surface area contributed by atoms with E-state index >= 15 is 0 Å². The van der Waals surface area contributed by atoms with Crippen molar-refractivity contribution in [2.75, 3.05) is 30.8 Å². The van der Waals surface area contributed by atoms with Gasteiger partial charge in [0.15, 0.2) is 0 Å². The molecule has 2 N–H and O–H groups in total. The summed E-state index contributed by atoms with van der Waals surface area (Å²) in [6, 6.07) is 5.88. The van der Waals surface area contributed by atoms with Gasteiger partial charge in [-0.25, -0.2) is 0 Å². The molecule has 0 spiro atoms. The molecule has 1 amide bonds. The number of nitrogens with one attached hydrogen (secondary N) is 2. The maximum atomic E-state index is 12.0. The number of amides is 1. The third-order valence-electron chi connectivity index (χ3n) is 3.71. The molecule has 3 rings (SSSR count). The summed E-state index contributed by atoms with van der Waals surface area (Å²) in [5, 5.41) is 6.94. The lowest BCUT2D eigenvalue weighted by molar-refractivity contribution is -0.113. The van der Waals surface area contributed by atoms with E-state index in [0.717, 1.165) is 50.4 Å². The van der Waals surface area contributed by atoms with Gasteiger partial charge in [-0.2, -0.15) is 0 Å². The molecule has 0 atom stereocenters. The number of ether oxygens (including phenoxy) is 1. The summed E-state index contributed by atoms with van der Waals surface area (Å²) in [6.07, 6.45) is 3.26. The summed E-state index contributed by atoms with van der Waals surface area (Å²) in [7, 11) is 0. The number of piperidine rings is 1. The van der Waals surface area contributed by atoms with Gasteiger partial charge in [-0.15, -0.1) is 11.8 Å². The van der Waals surface area contributed by atoms with Gasteiger partial charge in [0.1, 0.15) is 5.75 Å². The molecule has 5 heteroatoms. The first kappa shape index (κ1) is 13.8. The molecule has 1 aromatic rings. The van der Waals surface area contributed by atoms with Crippen LogP contribution < -0.4 is 15.4 Å². The lowest BCUT2D eigenvalue weighted by atomic mass is 10.1. The van der Waals surface area contributed by atoms with Gasteiger partial charge in [-0.05, 0) is 49.7 Å². The third-order valence-corrected chi connectivity index (χ3v) is 5.08. The molecule has 0 aromatic heterocycles. The molecule has 1 aromatic carbocycles. The highest BCUT2D eigenvalue weighted by molar-refractivity contribution is 8.00. The Hall–Kier alpha value is -1.20. The predicted octanol–water partition coefficient (Wildman–Crippen LogP) is 2.05. The minimum atomic E-state index is 0.0902. The zero-order chi connectivity index (χ0) is 13.8. The van der Waals surface area contributed by atoms with E-state index < -0.39 is 0 Å². The van der Waals surface area contributed by atoms with Crippen LogP contribution in [-0.4, -0.2) is 36.6 Å². The monoisotopic (exact) mass is 292 g/mol. The second-order valence-corrected chi connectivity index (χ2v) is 6.52. The van der Waals surface area contributed by atoms with E-state index in [4.69, 9.17) is 4.74 Å². The smallest absolute Gasteiger partial charge is 0.234 e. The van der Waals surface area contributed by atoms with Gasteiger partial charge in [0, 0.05) is 17.4 Å². The van der Waals surface area contributed by atoms with E-state index in [9.17, 15) is 4.79 Å². The minimum absolute atomic E-state index is 0.0902. The Bertz CT molecular complexity index is 487. The van der Waals surface area contributed by atoms with Crippen LogP contribution in [0.15, 0.2) is 18.2 Å². The average molecular weight is 292 g/mol. The lowest BCUT2D eigenvalue weighted by Crippen LogP contribution is -2.30. The number of benzene rings is 1. The van der Waals surface area contributed by atoms with Gasteiger partial charge < -0.3 is 15.4 Å². The summed E-state index contributed by atoms with van der Waals surface area (Å²) in [5.74, 6) is 1.58. The first-order chi connectivity index (χ1) is 9.81. The molecular weight excluding hydrogens is 272 g/mol. The molecule has 20 heavy (non-hydrogen) atoms. The fourth-order valence-electron chi connectivity index (χ4n) is 2.62. The van der Waals surface area contributed by atoms with Crippen molar-refractivity contribution in [3.8, 4) is 5.75 Å². The molecule has 0 bridgehead atoms. The van der Waals surface area contributed by atoms with Crippen LogP contribution in [0.5, 0.6) is 5.75 Å². The van der Waals surface area contributed by atoms with Crippen LogP contribution in [-0.2, 0) is 11.2 Å². The number of hydrogen-bond donors (Lipinski definition) is 2. The topological polar surface area (TPSA) is 50.4 Å². The van der Waals surface area contributed by atoms with Gasteiger partial charge in [0.2, 0.25) is 5.91 Å². The quantitative estimate of drug-likeness (QED) is 0.892. The highest BCUT2D eigenvalue weighted by Crippen LogP contribution is 2.28. The molecule has 108 valence electrons. The van der Waals surface area contributed by atoms with Crippen molar-refractivity contribution in [3.05, 3.63) is 23.8 Å². The SMILES string of the molecule is O=C(CSC1CCNCC1)Nc1ccc2c(c1)CCO2. The van der Waals surface area contributed by atoms with Crippen LogP contribution in [0.3, 0.4) is 0 Å². The summed E-state index contributed by atoms with van der Waals surface area (Å²) in [4.78, 5) is 12.0. The van der Waals surface area contributed by atoms with E-state index in [1.165, 1.54) is 5.56 Å². The maximum Gasteiger partial charge on any atom is 0.234 e. The zero-order valence-corrected chi connectivity index (χ0v) is 12.3. The van der Waals surface area contributed by atoms with Crippen LogP contribution in [0.1, 0.15) is 18.4 Å². The van der Waals surface area contributed by atoms with Crippen LogP contribution >= 0.6 is 11.8 Å². The highest BCUT2D eigenvalue weighted by Gasteiger charge is 2.16. The Morgan fingerprint density at radius 3 is 3.10 bits per heavy atom. The first-order valence-electron chi connectivity index (χ1n) is 7.19. The second-order valence-electron chi connectivity index (χ2n) is 5.23. The Labute approximate surface area is 123 Å². The van der Waals surface area contributed by atoms with Crippen molar-refractivity contribution in [2.45, 2.75) is 24.5 Å². The molecule has 1 saturated heterocycles. The summed E-state index contributed by atoms with van der Waals surface area (Å²) >= 11 is 1.77. The number of carbonyl (C=O) groups excluding carboxylic acids is 1. The number of fused-ring (bicyclic) bond motifs is 1. The fourth-order valence-corrected chi connectivity index (χ4v) is 3.65. The number of carbonyl (C=O) groups is 1. The van der Waals surface area contributed by atoms with Crippen LogP contribution in [0.4, 0.5) is 5.69 Å². The Kier molecular flexibility index (Phi) is 4.47. The standard InChI is InChI=1S/C15H20N2O2S/c18-15(10-20-13-3-6-16-7-4-13)17-12-1-2-14-11(9-12)5-8-19-14/h1-2,9,13,16H,3-8,10H2,(H,17,18). The van der Waals surface area contributed by atoms with Gasteiger partial charge in [-0.3, -0.25) is 4.79 Å².